The van der Waals surface area contributed by atoms with Gasteiger partial charge in [-0.3, -0.25) is 9.80 Å². The molecule has 1 aromatic heterocycles. The van der Waals surface area contributed by atoms with Crippen molar-refractivity contribution in [2.45, 2.75) is 45.1 Å². The van der Waals surface area contributed by atoms with Crippen LogP contribution in [0, 0.1) is 0 Å². The summed E-state index contributed by atoms with van der Waals surface area (Å²) in [6.07, 6.45) is 1.76. The molecule has 2 aromatic rings. The second kappa shape index (κ2) is 7.33. The maximum atomic E-state index is 12.4. The molecule has 0 spiro atoms. The standard InChI is InChI=1S/C19H27N5O2S/c1-15(2)24-14-20-21-19(24)11-23-9-8-22(10-16-6-4-3-5-7-16)17-12-27(25,26)13-18(17)23/h3-7,14-15,17-18H,8-13H2,1-2H3/t17-,18+/m1/s1. The van der Waals surface area contributed by atoms with Gasteiger partial charge in [-0.25, -0.2) is 8.42 Å². The number of aromatic nitrogens is 3. The van der Waals surface area contributed by atoms with Crippen molar-refractivity contribution in [3.05, 3.63) is 48.0 Å². The lowest BCUT2D eigenvalue weighted by Gasteiger charge is -2.43. The molecule has 0 saturated carbocycles. The van der Waals surface area contributed by atoms with Gasteiger partial charge >= 0.3 is 0 Å². The smallest absolute Gasteiger partial charge is 0.153 e. The van der Waals surface area contributed by atoms with Crippen LogP contribution in [0.4, 0.5) is 0 Å². The van der Waals surface area contributed by atoms with E-state index in [1.165, 1.54) is 5.56 Å². The lowest BCUT2D eigenvalue weighted by molar-refractivity contribution is 0.0331. The van der Waals surface area contributed by atoms with Gasteiger partial charge in [0.05, 0.1) is 18.1 Å². The van der Waals surface area contributed by atoms with Gasteiger partial charge in [-0.1, -0.05) is 30.3 Å². The summed E-state index contributed by atoms with van der Waals surface area (Å²) in [6, 6.07) is 10.6. The molecule has 2 aliphatic rings. The van der Waals surface area contributed by atoms with Crippen molar-refractivity contribution in [2.75, 3.05) is 24.6 Å². The number of sulfone groups is 1. The van der Waals surface area contributed by atoms with Gasteiger partial charge in [0.25, 0.3) is 0 Å². The number of benzene rings is 1. The van der Waals surface area contributed by atoms with Crippen LogP contribution in [0.25, 0.3) is 0 Å². The number of piperazine rings is 1. The van der Waals surface area contributed by atoms with Gasteiger partial charge in [-0.05, 0) is 19.4 Å². The first-order chi connectivity index (χ1) is 12.9. The molecule has 4 rings (SSSR count). The average Bonchev–Trinajstić information content (AvgIpc) is 3.21. The van der Waals surface area contributed by atoms with Crippen molar-refractivity contribution in [1.29, 1.82) is 0 Å². The molecule has 2 atom stereocenters. The molecular weight excluding hydrogens is 362 g/mol. The molecule has 1 aromatic carbocycles. The molecule has 0 bridgehead atoms. The zero-order valence-electron chi connectivity index (χ0n) is 15.9. The quantitative estimate of drug-likeness (QED) is 0.769. The third kappa shape index (κ3) is 3.93. The zero-order valence-corrected chi connectivity index (χ0v) is 16.7. The van der Waals surface area contributed by atoms with Gasteiger partial charge in [0.15, 0.2) is 9.84 Å². The van der Waals surface area contributed by atoms with Gasteiger partial charge in [-0.15, -0.1) is 10.2 Å². The van der Waals surface area contributed by atoms with Crippen LogP contribution in [0.5, 0.6) is 0 Å². The summed E-state index contributed by atoms with van der Waals surface area (Å²) < 4.78 is 26.9. The molecule has 0 unspecified atom stereocenters. The predicted octanol–water partition coefficient (Wildman–Crippen LogP) is 1.34. The highest BCUT2D eigenvalue weighted by atomic mass is 32.2. The molecule has 2 aliphatic heterocycles. The normalized spacial score (nSPS) is 25.7. The second-order valence-electron chi connectivity index (χ2n) is 7.89. The Morgan fingerprint density at radius 2 is 1.67 bits per heavy atom. The van der Waals surface area contributed by atoms with Crippen molar-refractivity contribution in [3.8, 4) is 0 Å². The summed E-state index contributed by atoms with van der Waals surface area (Å²) in [5.41, 5.74) is 1.23. The lowest BCUT2D eigenvalue weighted by Crippen LogP contribution is -2.58. The molecule has 27 heavy (non-hydrogen) atoms. The van der Waals surface area contributed by atoms with Crippen LogP contribution in [0.2, 0.25) is 0 Å². The predicted molar refractivity (Wildman–Crippen MR) is 104 cm³/mol. The molecule has 3 heterocycles. The molecule has 7 nitrogen and oxygen atoms in total. The zero-order chi connectivity index (χ0) is 19.0. The minimum atomic E-state index is -3.02. The van der Waals surface area contributed by atoms with Crippen molar-refractivity contribution < 1.29 is 8.42 Å². The molecule has 146 valence electrons. The van der Waals surface area contributed by atoms with Gasteiger partial charge in [-0.2, -0.15) is 0 Å². The largest absolute Gasteiger partial charge is 0.314 e. The number of rotatable bonds is 5. The molecule has 0 N–H and O–H groups in total. The molecule has 2 fully saturated rings. The minimum absolute atomic E-state index is 0.0183. The van der Waals surface area contributed by atoms with Gasteiger partial charge in [0.2, 0.25) is 0 Å². The minimum Gasteiger partial charge on any atom is -0.314 e. The van der Waals surface area contributed by atoms with E-state index in [9.17, 15) is 8.42 Å². The van der Waals surface area contributed by atoms with Crippen molar-refractivity contribution >= 4 is 9.84 Å². The van der Waals surface area contributed by atoms with Crippen LogP contribution in [0.1, 0.15) is 31.3 Å². The van der Waals surface area contributed by atoms with Gasteiger partial charge in [0.1, 0.15) is 12.2 Å². The van der Waals surface area contributed by atoms with Crippen molar-refractivity contribution in [3.63, 3.8) is 0 Å². The third-order valence-electron chi connectivity index (χ3n) is 5.68. The van der Waals surface area contributed by atoms with Crippen LogP contribution >= 0.6 is 0 Å². The van der Waals surface area contributed by atoms with E-state index in [-0.39, 0.29) is 29.6 Å². The van der Waals surface area contributed by atoms with Gasteiger partial charge in [0, 0.05) is 37.8 Å². The molecule has 0 amide bonds. The van der Waals surface area contributed by atoms with Crippen molar-refractivity contribution in [2.24, 2.45) is 0 Å². The Bertz CT molecular complexity index is 881. The Kier molecular flexibility index (Phi) is 5.05. The van der Waals surface area contributed by atoms with Gasteiger partial charge < -0.3 is 4.57 Å². The van der Waals surface area contributed by atoms with Crippen molar-refractivity contribution in [1.82, 2.24) is 24.6 Å². The highest BCUT2D eigenvalue weighted by Crippen LogP contribution is 2.29. The number of hydrogen-bond acceptors (Lipinski definition) is 6. The van der Waals surface area contributed by atoms with E-state index in [2.05, 4.69) is 50.5 Å². The summed E-state index contributed by atoms with van der Waals surface area (Å²) in [5.74, 6) is 1.39. The second-order valence-corrected chi connectivity index (χ2v) is 10.0. The van der Waals surface area contributed by atoms with E-state index in [0.717, 1.165) is 25.5 Å². The number of nitrogens with zero attached hydrogens (tertiary/aromatic N) is 5. The van der Waals surface area contributed by atoms with E-state index in [0.29, 0.717) is 6.54 Å². The molecule has 0 aliphatic carbocycles. The Morgan fingerprint density at radius 3 is 2.30 bits per heavy atom. The summed E-state index contributed by atoms with van der Waals surface area (Å²) in [5, 5.41) is 8.33. The van der Waals surface area contributed by atoms with Crippen LogP contribution < -0.4 is 0 Å². The maximum Gasteiger partial charge on any atom is 0.153 e. The Balaban J connectivity index is 1.54. The van der Waals surface area contributed by atoms with Crippen LogP contribution in [-0.2, 0) is 22.9 Å². The fourth-order valence-electron chi connectivity index (χ4n) is 4.30. The highest BCUT2D eigenvalue weighted by Gasteiger charge is 2.46. The first-order valence-corrected chi connectivity index (χ1v) is 11.4. The van der Waals surface area contributed by atoms with E-state index in [1.807, 2.05) is 18.2 Å². The molecule has 0 radical (unpaired) electrons. The average molecular weight is 390 g/mol. The summed E-state index contributed by atoms with van der Waals surface area (Å²) in [4.78, 5) is 4.63. The van der Waals surface area contributed by atoms with E-state index < -0.39 is 9.84 Å². The Morgan fingerprint density at radius 1 is 1.04 bits per heavy atom. The number of fused-ring (bicyclic) bond motifs is 1. The van der Waals surface area contributed by atoms with Crippen LogP contribution in [0.15, 0.2) is 36.7 Å². The molecular formula is C19H27N5O2S. The lowest BCUT2D eigenvalue weighted by atomic mass is 10.0. The van der Waals surface area contributed by atoms with E-state index in [4.69, 9.17) is 0 Å². The fourth-order valence-corrected chi connectivity index (χ4v) is 6.34. The topological polar surface area (TPSA) is 71.3 Å². The summed E-state index contributed by atoms with van der Waals surface area (Å²) in [6.45, 7) is 7.36. The summed E-state index contributed by atoms with van der Waals surface area (Å²) >= 11 is 0. The van der Waals surface area contributed by atoms with E-state index >= 15 is 0 Å². The van der Waals surface area contributed by atoms with Crippen LogP contribution in [-0.4, -0.2) is 69.7 Å². The Labute approximate surface area is 160 Å². The number of hydrogen-bond donors (Lipinski definition) is 0. The first-order valence-electron chi connectivity index (χ1n) is 9.54. The highest BCUT2D eigenvalue weighted by molar-refractivity contribution is 7.91. The maximum absolute atomic E-state index is 12.4. The van der Waals surface area contributed by atoms with E-state index in [1.54, 1.807) is 6.33 Å². The third-order valence-corrected chi connectivity index (χ3v) is 7.38. The first kappa shape index (κ1) is 18.6. The molecule has 2 saturated heterocycles. The fraction of sp³-hybridized carbons (Fsp3) is 0.579. The monoisotopic (exact) mass is 389 g/mol. The SMILES string of the molecule is CC(C)n1cnnc1CN1CCN(Cc2ccccc2)[C@@H]2CS(=O)(=O)C[C@@H]21. The Hall–Kier alpha value is -1.77. The van der Waals surface area contributed by atoms with Crippen LogP contribution in [0.3, 0.4) is 0 Å². The molecule has 8 heteroatoms. The summed E-state index contributed by atoms with van der Waals surface area (Å²) in [7, 11) is -3.02.